The van der Waals surface area contributed by atoms with E-state index in [0.717, 1.165) is 11.3 Å². The number of amides is 2. The molecule has 2 amide bonds. The Balaban J connectivity index is 1.51. The van der Waals surface area contributed by atoms with Gasteiger partial charge in [0.25, 0.3) is 5.56 Å². The number of nitrogens with zero attached hydrogens (tertiary/aromatic N) is 5. The number of hydrogen-bond donors (Lipinski definition) is 2. The summed E-state index contributed by atoms with van der Waals surface area (Å²) in [5.41, 5.74) is 2.92. The van der Waals surface area contributed by atoms with Gasteiger partial charge in [-0.3, -0.25) is 19.0 Å². The standard InChI is InChI=1S/C21H19N7O3/c1-13-3-9-17(10-4-13)28-20-19(25-26-28)21(31)27(12-22-20)11-18(30)24-16-7-5-15(6-8-16)23-14(2)29/h3-10,12H,11H2,1-2H3,(H,23,29)(H,24,30). The van der Waals surface area contributed by atoms with Crippen LogP contribution in [0.4, 0.5) is 11.4 Å². The minimum Gasteiger partial charge on any atom is -0.326 e. The van der Waals surface area contributed by atoms with Crippen molar-refractivity contribution in [2.75, 3.05) is 10.6 Å². The molecule has 0 unspecified atom stereocenters. The van der Waals surface area contributed by atoms with Gasteiger partial charge in [-0.05, 0) is 43.3 Å². The first-order chi connectivity index (χ1) is 14.9. The van der Waals surface area contributed by atoms with Crippen LogP contribution in [0.2, 0.25) is 0 Å². The summed E-state index contributed by atoms with van der Waals surface area (Å²) in [6.45, 7) is 3.16. The van der Waals surface area contributed by atoms with Crippen LogP contribution in [0.1, 0.15) is 12.5 Å². The summed E-state index contributed by atoms with van der Waals surface area (Å²) in [6, 6.07) is 14.2. The molecule has 0 bridgehead atoms. The molecular formula is C21H19N7O3. The van der Waals surface area contributed by atoms with Gasteiger partial charge >= 0.3 is 0 Å². The molecule has 0 aliphatic rings. The number of fused-ring (bicyclic) bond motifs is 1. The third-order valence-corrected chi connectivity index (χ3v) is 4.51. The zero-order valence-electron chi connectivity index (χ0n) is 16.9. The first kappa shape index (κ1) is 20.0. The highest BCUT2D eigenvalue weighted by Gasteiger charge is 2.15. The molecule has 4 aromatic rings. The monoisotopic (exact) mass is 417 g/mol. The average molecular weight is 417 g/mol. The van der Waals surface area contributed by atoms with Gasteiger partial charge in [-0.1, -0.05) is 22.9 Å². The Bertz CT molecular complexity index is 1320. The van der Waals surface area contributed by atoms with Crippen LogP contribution < -0.4 is 16.2 Å². The topological polar surface area (TPSA) is 124 Å². The Morgan fingerprint density at radius 2 is 1.61 bits per heavy atom. The second kappa shape index (κ2) is 8.19. The zero-order chi connectivity index (χ0) is 22.0. The molecule has 2 heterocycles. The number of carbonyl (C=O) groups is 2. The molecule has 2 aromatic heterocycles. The summed E-state index contributed by atoms with van der Waals surface area (Å²) >= 11 is 0. The maximum absolute atomic E-state index is 12.7. The molecule has 2 aromatic carbocycles. The molecule has 0 fully saturated rings. The number of rotatable bonds is 5. The van der Waals surface area contributed by atoms with Crippen molar-refractivity contribution in [3.05, 3.63) is 70.8 Å². The Hall–Kier alpha value is -4.34. The molecule has 0 radical (unpaired) electrons. The minimum absolute atomic E-state index is 0.0792. The lowest BCUT2D eigenvalue weighted by Crippen LogP contribution is -2.28. The van der Waals surface area contributed by atoms with E-state index in [1.165, 1.54) is 22.5 Å². The predicted molar refractivity (Wildman–Crippen MR) is 115 cm³/mol. The quantitative estimate of drug-likeness (QED) is 0.511. The van der Waals surface area contributed by atoms with Crippen molar-refractivity contribution in [3.8, 4) is 5.69 Å². The highest BCUT2D eigenvalue weighted by atomic mass is 16.2. The highest BCUT2D eigenvalue weighted by molar-refractivity contribution is 5.92. The van der Waals surface area contributed by atoms with Gasteiger partial charge in [0.05, 0.1) is 5.69 Å². The molecule has 2 N–H and O–H groups in total. The van der Waals surface area contributed by atoms with E-state index >= 15 is 0 Å². The SMILES string of the molecule is CC(=O)Nc1ccc(NC(=O)Cn2cnc3c(nnn3-c3ccc(C)cc3)c2=O)cc1. The van der Waals surface area contributed by atoms with E-state index in [4.69, 9.17) is 0 Å². The maximum atomic E-state index is 12.7. The number of hydrogen-bond acceptors (Lipinski definition) is 6. The predicted octanol–water partition coefficient (Wildman–Crippen LogP) is 1.88. The normalized spacial score (nSPS) is 10.8. The molecular weight excluding hydrogens is 398 g/mol. The summed E-state index contributed by atoms with van der Waals surface area (Å²) in [5.74, 6) is -0.584. The van der Waals surface area contributed by atoms with Gasteiger partial charge in [0.2, 0.25) is 11.8 Å². The van der Waals surface area contributed by atoms with Crippen LogP contribution in [0.5, 0.6) is 0 Å². The third kappa shape index (κ3) is 4.32. The molecule has 0 aliphatic heterocycles. The van der Waals surface area contributed by atoms with E-state index in [1.54, 1.807) is 24.3 Å². The van der Waals surface area contributed by atoms with Crippen molar-refractivity contribution < 1.29 is 9.59 Å². The first-order valence-corrected chi connectivity index (χ1v) is 9.46. The second-order valence-electron chi connectivity index (χ2n) is 6.99. The summed E-state index contributed by atoms with van der Waals surface area (Å²) < 4.78 is 2.66. The van der Waals surface area contributed by atoms with E-state index < -0.39 is 11.5 Å². The Morgan fingerprint density at radius 1 is 0.968 bits per heavy atom. The largest absolute Gasteiger partial charge is 0.326 e. The number of benzene rings is 2. The maximum Gasteiger partial charge on any atom is 0.284 e. The lowest BCUT2D eigenvalue weighted by molar-refractivity contribution is -0.117. The van der Waals surface area contributed by atoms with Crippen LogP contribution in [0.15, 0.2) is 59.7 Å². The minimum atomic E-state index is -0.459. The highest BCUT2D eigenvalue weighted by Crippen LogP contribution is 2.14. The number of nitrogens with one attached hydrogen (secondary N) is 2. The number of aryl methyl sites for hydroxylation is 1. The Labute approximate surface area is 176 Å². The van der Waals surface area contributed by atoms with Gasteiger partial charge in [-0.15, -0.1) is 5.10 Å². The molecule has 31 heavy (non-hydrogen) atoms. The number of carbonyl (C=O) groups excluding carboxylic acids is 2. The molecule has 0 atom stereocenters. The van der Waals surface area contributed by atoms with Crippen molar-refractivity contribution in [2.24, 2.45) is 0 Å². The van der Waals surface area contributed by atoms with E-state index in [2.05, 4.69) is 25.9 Å². The molecule has 0 spiro atoms. The fourth-order valence-corrected chi connectivity index (χ4v) is 3.01. The van der Waals surface area contributed by atoms with Crippen LogP contribution in [0.25, 0.3) is 16.9 Å². The van der Waals surface area contributed by atoms with Crippen LogP contribution >= 0.6 is 0 Å². The Kier molecular flexibility index (Phi) is 5.27. The van der Waals surface area contributed by atoms with Gasteiger partial charge in [0.15, 0.2) is 11.2 Å². The van der Waals surface area contributed by atoms with E-state index in [-0.39, 0.29) is 18.0 Å². The average Bonchev–Trinajstić information content (AvgIpc) is 3.17. The summed E-state index contributed by atoms with van der Waals surface area (Å²) in [5, 5.41) is 13.3. The fraction of sp³-hybridized carbons (Fsp3) is 0.143. The van der Waals surface area contributed by atoms with Crippen molar-refractivity contribution >= 4 is 34.4 Å². The van der Waals surface area contributed by atoms with Crippen molar-refractivity contribution in [1.82, 2.24) is 24.5 Å². The van der Waals surface area contributed by atoms with Crippen molar-refractivity contribution in [2.45, 2.75) is 20.4 Å². The van der Waals surface area contributed by atoms with Crippen molar-refractivity contribution in [3.63, 3.8) is 0 Å². The molecule has 10 heteroatoms. The number of anilines is 2. The first-order valence-electron chi connectivity index (χ1n) is 9.46. The smallest absolute Gasteiger partial charge is 0.284 e. The van der Waals surface area contributed by atoms with Gasteiger partial charge in [0, 0.05) is 18.3 Å². The van der Waals surface area contributed by atoms with Crippen LogP contribution in [-0.4, -0.2) is 36.4 Å². The summed E-state index contributed by atoms with van der Waals surface area (Å²) in [6.07, 6.45) is 1.30. The third-order valence-electron chi connectivity index (χ3n) is 4.51. The molecule has 156 valence electrons. The Morgan fingerprint density at radius 3 is 2.26 bits per heavy atom. The van der Waals surface area contributed by atoms with Crippen LogP contribution in [0.3, 0.4) is 0 Å². The zero-order valence-corrected chi connectivity index (χ0v) is 16.9. The fourth-order valence-electron chi connectivity index (χ4n) is 3.01. The number of aromatic nitrogens is 5. The molecule has 0 saturated carbocycles. The van der Waals surface area contributed by atoms with Crippen molar-refractivity contribution in [1.29, 1.82) is 0 Å². The van der Waals surface area contributed by atoms with Crippen LogP contribution in [0, 0.1) is 6.92 Å². The molecule has 10 nitrogen and oxygen atoms in total. The molecule has 0 aliphatic carbocycles. The van der Waals surface area contributed by atoms with Gasteiger partial charge in [0.1, 0.15) is 12.9 Å². The van der Waals surface area contributed by atoms with E-state index in [9.17, 15) is 14.4 Å². The van der Waals surface area contributed by atoms with E-state index in [1.807, 2.05) is 31.2 Å². The molecule has 4 rings (SSSR count). The summed E-state index contributed by atoms with van der Waals surface area (Å²) in [7, 11) is 0. The van der Waals surface area contributed by atoms with Crippen LogP contribution in [-0.2, 0) is 16.1 Å². The lowest BCUT2D eigenvalue weighted by Gasteiger charge is -2.08. The van der Waals surface area contributed by atoms with Gasteiger partial charge < -0.3 is 10.6 Å². The van der Waals surface area contributed by atoms with E-state index in [0.29, 0.717) is 17.0 Å². The second-order valence-corrected chi connectivity index (χ2v) is 6.99. The lowest BCUT2D eigenvalue weighted by atomic mass is 10.2. The van der Waals surface area contributed by atoms with Gasteiger partial charge in [-0.25, -0.2) is 4.98 Å². The molecule has 0 saturated heterocycles. The summed E-state index contributed by atoms with van der Waals surface area (Å²) in [4.78, 5) is 40.5. The van der Waals surface area contributed by atoms with Gasteiger partial charge in [-0.2, -0.15) is 4.68 Å².